The Morgan fingerprint density at radius 3 is 1.96 bits per heavy atom. The lowest BCUT2D eigenvalue weighted by Gasteiger charge is -2.30. The van der Waals surface area contributed by atoms with E-state index in [0.717, 1.165) is 32.1 Å². The highest BCUT2D eigenvalue weighted by atomic mass is 35.5. The SMILES string of the molecule is CN(C1CCCCC1)S(=O)(=O)c1ccc(NS(=O)(=O)c2ccc(Cl)cc2)cc1. The van der Waals surface area contributed by atoms with Crippen LogP contribution >= 0.6 is 11.6 Å². The highest BCUT2D eigenvalue weighted by Crippen LogP contribution is 2.27. The molecule has 1 aliphatic carbocycles. The summed E-state index contributed by atoms with van der Waals surface area (Å²) >= 11 is 5.79. The molecule has 6 nitrogen and oxygen atoms in total. The van der Waals surface area contributed by atoms with Crippen molar-refractivity contribution in [3.8, 4) is 0 Å². The van der Waals surface area contributed by atoms with Crippen molar-refractivity contribution in [1.29, 1.82) is 0 Å². The van der Waals surface area contributed by atoms with E-state index in [0.29, 0.717) is 5.02 Å². The number of nitrogens with one attached hydrogen (secondary N) is 1. The maximum atomic E-state index is 12.9. The lowest BCUT2D eigenvalue weighted by molar-refractivity contribution is 0.286. The number of nitrogens with zero attached hydrogens (tertiary/aromatic N) is 1. The van der Waals surface area contributed by atoms with Gasteiger partial charge in [0.05, 0.1) is 9.79 Å². The smallest absolute Gasteiger partial charge is 0.261 e. The van der Waals surface area contributed by atoms with Crippen LogP contribution in [0.5, 0.6) is 0 Å². The number of halogens is 1. The molecule has 0 heterocycles. The van der Waals surface area contributed by atoms with Gasteiger partial charge in [-0.05, 0) is 61.4 Å². The number of benzene rings is 2. The molecule has 28 heavy (non-hydrogen) atoms. The molecule has 1 fully saturated rings. The van der Waals surface area contributed by atoms with E-state index in [1.807, 2.05) is 0 Å². The van der Waals surface area contributed by atoms with E-state index in [1.165, 1.54) is 52.8 Å². The zero-order valence-corrected chi connectivity index (χ0v) is 17.9. The van der Waals surface area contributed by atoms with Crippen LogP contribution in [0.2, 0.25) is 5.02 Å². The predicted molar refractivity (Wildman–Crippen MR) is 111 cm³/mol. The topological polar surface area (TPSA) is 83.6 Å². The third-order valence-electron chi connectivity index (χ3n) is 5.00. The van der Waals surface area contributed by atoms with E-state index in [2.05, 4.69) is 4.72 Å². The van der Waals surface area contributed by atoms with Crippen molar-refractivity contribution in [2.24, 2.45) is 0 Å². The van der Waals surface area contributed by atoms with Crippen molar-refractivity contribution in [1.82, 2.24) is 4.31 Å². The summed E-state index contributed by atoms with van der Waals surface area (Å²) in [4.78, 5) is 0.223. The maximum absolute atomic E-state index is 12.9. The summed E-state index contributed by atoms with van der Waals surface area (Å²) in [7, 11) is -5.78. The largest absolute Gasteiger partial charge is 0.280 e. The summed E-state index contributed by atoms with van der Waals surface area (Å²) in [6, 6.07) is 11.6. The van der Waals surface area contributed by atoms with Gasteiger partial charge < -0.3 is 0 Å². The van der Waals surface area contributed by atoms with Crippen molar-refractivity contribution < 1.29 is 16.8 Å². The third kappa shape index (κ3) is 4.68. The fraction of sp³-hybridized carbons (Fsp3) is 0.368. The molecule has 152 valence electrons. The van der Waals surface area contributed by atoms with Crippen LogP contribution in [0.4, 0.5) is 5.69 Å². The Hall–Kier alpha value is -1.61. The lowest BCUT2D eigenvalue weighted by atomic mass is 9.96. The molecule has 1 saturated carbocycles. The molecule has 0 unspecified atom stereocenters. The number of hydrogen-bond donors (Lipinski definition) is 1. The molecule has 0 radical (unpaired) electrons. The van der Waals surface area contributed by atoms with Crippen LogP contribution in [0.25, 0.3) is 0 Å². The van der Waals surface area contributed by atoms with Gasteiger partial charge in [-0.2, -0.15) is 4.31 Å². The highest BCUT2D eigenvalue weighted by Gasteiger charge is 2.29. The first-order valence-corrected chi connectivity index (χ1v) is 12.4. The van der Waals surface area contributed by atoms with E-state index in [1.54, 1.807) is 7.05 Å². The Morgan fingerprint density at radius 1 is 0.857 bits per heavy atom. The molecule has 1 aliphatic rings. The van der Waals surface area contributed by atoms with Crippen LogP contribution < -0.4 is 4.72 Å². The van der Waals surface area contributed by atoms with Gasteiger partial charge in [0.15, 0.2) is 0 Å². The van der Waals surface area contributed by atoms with Crippen LogP contribution in [0.15, 0.2) is 58.3 Å². The van der Waals surface area contributed by atoms with E-state index < -0.39 is 20.0 Å². The van der Waals surface area contributed by atoms with Gasteiger partial charge in [-0.3, -0.25) is 4.72 Å². The summed E-state index contributed by atoms with van der Waals surface area (Å²) < 4.78 is 54.5. The van der Waals surface area contributed by atoms with Crippen LogP contribution in [0.3, 0.4) is 0 Å². The summed E-state index contributed by atoms with van der Waals surface area (Å²) in [5.41, 5.74) is 0.286. The van der Waals surface area contributed by atoms with Gasteiger partial charge >= 0.3 is 0 Å². The summed E-state index contributed by atoms with van der Waals surface area (Å²) in [6.45, 7) is 0. The van der Waals surface area contributed by atoms with Gasteiger partial charge in [0.1, 0.15) is 0 Å². The number of rotatable bonds is 6. The zero-order valence-electron chi connectivity index (χ0n) is 15.5. The predicted octanol–water partition coefficient (Wildman–Crippen LogP) is 4.09. The van der Waals surface area contributed by atoms with E-state index in [4.69, 9.17) is 11.6 Å². The van der Waals surface area contributed by atoms with Gasteiger partial charge in [-0.25, -0.2) is 16.8 Å². The van der Waals surface area contributed by atoms with Crippen molar-refractivity contribution in [2.45, 2.75) is 47.9 Å². The van der Waals surface area contributed by atoms with Gasteiger partial charge in [-0.1, -0.05) is 30.9 Å². The monoisotopic (exact) mass is 442 g/mol. The second kappa shape index (κ2) is 8.41. The molecule has 2 aromatic rings. The van der Waals surface area contributed by atoms with Crippen LogP contribution in [-0.4, -0.2) is 34.2 Å². The molecule has 0 spiro atoms. The van der Waals surface area contributed by atoms with Crippen molar-refractivity contribution in [3.63, 3.8) is 0 Å². The summed E-state index contributed by atoms with van der Waals surface area (Å²) in [5, 5.41) is 0.440. The second-order valence-electron chi connectivity index (χ2n) is 6.90. The van der Waals surface area contributed by atoms with E-state index in [-0.39, 0.29) is 21.5 Å². The first-order chi connectivity index (χ1) is 13.2. The fourth-order valence-electron chi connectivity index (χ4n) is 3.33. The highest BCUT2D eigenvalue weighted by molar-refractivity contribution is 7.92. The first kappa shape index (κ1) is 21.1. The van der Waals surface area contributed by atoms with E-state index in [9.17, 15) is 16.8 Å². The Bertz CT molecular complexity index is 1010. The molecule has 2 aromatic carbocycles. The average Bonchev–Trinajstić information content (AvgIpc) is 2.68. The minimum absolute atomic E-state index is 0.0156. The minimum atomic E-state index is -3.78. The van der Waals surface area contributed by atoms with E-state index >= 15 is 0 Å². The standard InChI is InChI=1S/C19H23ClN2O4S2/c1-22(17-5-3-2-4-6-17)28(25,26)19-13-9-16(10-14-19)21-27(23,24)18-11-7-15(20)8-12-18/h7-14,17,21H,2-6H2,1H3. The zero-order chi connectivity index (χ0) is 20.4. The van der Waals surface area contributed by atoms with Crippen molar-refractivity contribution in [3.05, 3.63) is 53.6 Å². The lowest BCUT2D eigenvalue weighted by Crippen LogP contribution is -2.38. The normalized spacial score (nSPS) is 16.2. The summed E-state index contributed by atoms with van der Waals surface area (Å²) in [5.74, 6) is 0. The van der Waals surface area contributed by atoms with Gasteiger partial charge in [0.25, 0.3) is 10.0 Å². The first-order valence-electron chi connectivity index (χ1n) is 9.07. The molecule has 0 amide bonds. The molecule has 1 N–H and O–H groups in total. The molecule has 0 bridgehead atoms. The van der Waals surface area contributed by atoms with Gasteiger partial charge in [0, 0.05) is 23.8 Å². The Labute approximate surface area is 171 Å². The summed E-state index contributed by atoms with van der Waals surface area (Å²) in [6.07, 6.45) is 4.96. The van der Waals surface area contributed by atoms with Crippen molar-refractivity contribution in [2.75, 3.05) is 11.8 Å². The second-order valence-corrected chi connectivity index (χ2v) is 11.0. The third-order valence-corrected chi connectivity index (χ3v) is 8.57. The molecular formula is C19H23ClN2O4S2. The Balaban J connectivity index is 1.76. The number of hydrogen-bond acceptors (Lipinski definition) is 4. The Kier molecular flexibility index (Phi) is 6.34. The molecule has 0 aliphatic heterocycles. The minimum Gasteiger partial charge on any atom is -0.280 e. The van der Waals surface area contributed by atoms with Crippen LogP contribution in [0, 0.1) is 0 Å². The maximum Gasteiger partial charge on any atom is 0.261 e. The van der Waals surface area contributed by atoms with Crippen LogP contribution in [0.1, 0.15) is 32.1 Å². The molecule has 0 atom stereocenters. The molecule has 0 aromatic heterocycles. The molecule has 9 heteroatoms. The Morgan fingerprint density at radius 2 is 1.39 bits per heavy atom. The fourth-order valence-corrected chi connectivity index (χ4v) is 5.93. The van der Waals surface area contributed by atoms with Gasteiger partial charge in [0.2, 0.25) is 10.0 Å². The van der Waals surface area contributed by atoms with Crippen LogP contribution in [-0.2, 0) is 20.0 Å². The molecule has 3 rings (SSSR count). The quantitative estimate of drug-likeness (QED) is 0.730. The number of anilines is 1. The molecular weight excluding hydrogens is 420 g/mol. The average molecular weight is 443 g/mol. The molecule has 0 saturated heterocycles. The number of sulfonamides is 2. The van der Waals surface area contributed by atoms with Crippen molar-refractivity contribution >= 4 is 37.3 Å². The van der Waals surface area contributed by atoms with Gasteiger partial charge in [-0.15, -0.1) is 0 Å².